The summed E-state index contributed by atoms with van der Waals surface area (Å²) >= 11 is 0. The monoisotopic (exact) mass is 197 g/mol. The highest BCUT2D eigenvalue weighted by atomic mass is 14.8. The van der Waals surface area contributed by atoms with E-state index in [4.69, 9.17) is 0 Å². The summed E-state index contributed by atoms with van der Waals surface area (Å²) in [6, 6.07) is 0. The molecule has 1 heteroatoms. The largest absolute Gasteiger partial charge is 0.317 e. The summed E-state index contributed by atoms with van der Waals surface area (Å²) < 4.78 is 0. The van der Waals surface area contributed by atoms with E-state index in [1.807, 2.05) is 0 Å². The molecule has 0 aromatic carbocycles. The van der Waals surface area contributed by atoms with Crippen LogP contribution in [-0.2, 0) is 0 Å². The van der Waals surface area contributed by atoms with Crippen LogP contribution in [0.1, 0.15) is 53.9 Å². The molecule has 84 valence electrons. The third-order valence-corrected chi connectivity index (χ3v) is 2.33. The molecule has 0 radical (unpaired) electrons. The Balaban J connectivity index is 3.57. The summed E-state index contributed by atoms with van der Waals surface area (Å²) in [7, 11) is 0. The van der Waals surface area contributed by atoms with Gasteiger partial charge in [-0.15, -0.1) is 0 Å². The predicted octanol–water partition coefficient (Wildman–Crippen LogP) is 3.76. The van der Waals surface area contributed by atoms with Crippen molar-refractivity contribution in [2.75, 3.05) is 13.1 Å². The summed E-state index contributed by atoms with van der Waals surface area (Å²) in [5, 5.41) is 3.33. The fraction of sp³-hybridized carbons (Fsp3) is 0.846. The lowest BCUT2D eigenvalue weighted by Gasteiger charge is -2.17. The Labute approximate surface area is 90.0 Å². The zero-order chi connectivity index (χ0) is 11.0. The Morgan fingerprint density at radius 1 is 1.29 bits per heavy atom. The molecule has 0 heterocycles. The van der Waals surface area contributed by atoms with E-state index in [1.54, 1.807) is 0 Å². The van der Waals surface area contributed by atoms with Crippen molar-refractivity contribution in [3.8, 4) is 0 Å². The number of hydrogen-bond acceptors (Lipinski definition) is 1. The van der Waals surface area contributed by atoms with Crippen LogP contribution in [0.15, 0.2) is 11.6 Å². The van der Waals surface area contributed by atoms with E-state index in [1.165, 1.54) is 24.8 Å². The molecule has 0 saturated carbocycles. The highest BCUT2D eigenvalue weighted by Crippen LogP contribution is 2.23. The maximum absolute atomic E-state index is 3.33. The minimum absolute atomic E-state index is 0.469. The molecule has 0 atom stereocenters. The van der Waals surface area contributed by atoms with E-state index in [0.29, 0.717) is 5.41 Å². The molecular formula is C13H27N. The first-order valence-corrected chi connectivity index (χ1v) is 5.82. The molecule has 0 aliphatic rings. The van der Waals surface area contributed by atoms with Crippen molar-refractivity contribution in [2.24, 2.45) is 5.41 Å². The van der Waals surface area contributed by atoms with Gasteiger partial charge >= 0.3 is 0 Å². The summed E-state index contributed by atoms with van der Waals surface area (Å²) in [5.41, 5.74) is 2.01. The van der Waals surface area contributed by atoms with Crippen molar-refractivity contribution < 1.29 is 0 Å². The fourth-order valence-electron chi connectivity index (χ4n) is 1.27. The van der Waals surface area contributed by atoms with Crippen molar-refractivity contribution in [3.63, 3.8) is 0 Å². The summed E-state index contributed by atoms with van der Waals surface area (Å²) in [4.78, 5) is 0. The molecule has 0 unspecified atom stereocenters. The molecule has 0 rings (SSSR count). The molecule has 0 aliphatic carbocycles. The van der Waals surface area contributed by atoms with Crippen LogP contribution in [0.3, 0.4) is 0 Å². The molecule has 0 aliphatic heterocycles. The first-order valence-electron chi connectivity index (χ1n) is 5.82. The van der Waals surface area contributed by atoms with Crippen molar-refractivity contribution in [1.29, 1.82) is 0 Å². The third-order valence-electron chi connectivity index (χ3n) is 2.33. The Bertz CT molecular complexity index is 163. The van der Waals surface area contributed by atoms with Gasteiger partial charge in [-0.2, -0.15) is 0 Å². The van der Waals surface area contributed by atoms with E-state index in [0.717, 1.165) is 13.1 Å². The summed E-state index contributed by atoms with van der Waals surface area (Å²) in [5.74, 6) is 0. The minimum Gasteiger partial charge on any atom is -0.317 e. The van der Waals surface area contributed by atoms with Crippen molar-refractivity contribution in [1.82, 2.24) is 5.32 Å². The van der Waals surface area contributed by atoms with E-state index < -0.39 is 0 Å². The quantitative estimate of drug-likeness (QED) is 0.505. The SMILES string of the molecule is CCNCCC=C(C)CCC(C)(C)C. The van der Waals surface area contributed by atoms with Crippen LogP contribution in [0, 0.1) is 5.41 Å². The van der Waals surface area contributed by atoms with Gasteiger partial charge in [0.05, 0.1) is 0 Å². The van der Waals surface area contributed by atoms with Gasteiger partial charge in [-0.05, 0) is 44.7 Å². The van der Waals surface area contributed by atoms with Crippen molar-refractivity contribution in [2.45, 2.75) is 53.9 Å². The predicted molar refractivity (Wildman–Crippen MR) is 65.6 cm³/mol. The molecule has 1 nitrogen and oxygen atoms in total. The molecule has 0 fully saturated rings. The molecule has 0 aromatic rings. The Kier molecular flexibility index (Phi) is 6.90. The first kappa shape index (κ1) is 13.7. The van der Waals surface area contributed by atoms with Crippen LogP contribution in [0.25, 0.3) is 0 Å². The Morgan fingerprint density at radius 2 is 1.93 bits per heavy atom. The Hall–Kier alpha value is -0.300. The zero-order valence-corrected chi connectivity index (χ0v) is 10.6. The molecule has 0 bridgehead atoms. The topological polar surface area (TPSA) is 12.0 Å². The second-order valence-electron chi connectivity index (χ2n) is 5.25. The molecule has 0 spiro atoms. The smallest absolute Gasteiger partial charge is 0.00143 e. The van der Waals surface area contributed by atoms with Gasteiger partial charge in [0.1, 0.15) is 0 Å². The van der Waals surface area contributed by atoms with Gasteiger partial charge in [0.15, 0.2) is 0 Å². The number of rotatable bonds is 6. The summed E-state index contributed by atoms with van der Waals surface area (Å²) in [6.07, 6.45) is 6.07. The van der Waals surface area contributed by atoms with Gasteiger partial charge in [-0.3, -0.25) is 0 Å². The molecular weight excluding hydrogens is 170 g/mol. The number of nitrogens with one attached hydrogen (secondary N) is 1. The second kappa shape index (κ2) is 7.05. The minimum atomic E-state index is 0.469. The van der Waals surface area contributed by atoms with Crippen LogP contribution < -0.4 is 5.32 Å². The molecule has 14 heavy (non-hydrogen) atoms. The molecule has 0 aromatic heterocycles. The van der Waals surface area contributed by atoms with Crippen LogP contribution in [0.5, 0.6) is 0 Å². The van der Waals surface area contributed by atoms with Gasteiger partial charge in [0.25, 0.3) is 0 Å². The third kappa shape index (κ3) is 9.79. The fourth-order valence-corrected chi connectivity index (χ4v) is 1.27. The van der Waals surface area contributed by atoms with Crippen molar-refractivity contribution in [3.05, 3.63) is 11.6 Å². The number of hydrogen-bond donors (Lipinski definition) is 1. The van der Waals surface area contributed by atoms with E-state index >= 15 is 0 Å². The zero-order valence-electron chi connectivity index (χ0n) is 10.6. The van der Waals surface area contributed by atoms with Gasteiger partial charge in [0, 0.05) is 0 Å². The normalized spacial score (nSPS) is 13.4. The lowest BCUT2D eigenvalue weighted by atomic mass is 9.89. The molecule has 0 saturated heterocycles. The van der Waals surface area contributed by atoms with E-state index in [2.05, 4.69) is 46.0 Å². The van der Waals surface area contributed by atoms with Gasteiger partial charge in [-0.25, -0.2) is 0 Å². The van der Waals surface area contributed by atoms with Crippen LogP contribution >= 0.6 is 0 Å². The average Bonchev–Trinajstić information content (AvgIpc) is 2.08. The average molecular weight is 197 g/mol. The standard InChI is InChI=1S/C13H27N/c1-6-14-11-7-8-12(2)9-10-13(3,4)5/h8,14H,6-7,9-11H2,1-5H3. The van der Waals surface area contributed by atoms with Crippen molar-refractivity contribution >= 4 is 0 Å². The first-order chi connectivity index (χ1) is 6.45. The second-order valence-corrected chi connectivity index (χ2v) is 5.25. The lowest BCUT2D eigenvalue weighted by molar-refractivity contribution is 0.377. The lowest BCUT2D eigenvalue weighted by Crippen LogP contribution is -2.13. The van der Waals surface area contributed by atoms with Gasteiger partial charge in [-0.1, -0.05) is 39.3 Å². The van der Waals surface area contributed by atoms with E-state index in [9.17, 15) is 0 Å². The van der Waals surface area contributed by atoms with Crippen LogP contribution in [0.2, 0.25) is 0 Å². The highest BCUT2D eigenvalue weighted by molar-refractivity contribution is 4.98. The highest BCUT2D eigenvalue weighted by Gasteiger charge is 2.09. The van der Waals surface area contributed by atoms with Gasteiger partial charge < -0.3 is 5.32 Å². The van der Waals surface area contributed by atoms with Crippen LogP contribution in [-0.4, -0.2) is 13.1 Å². The Morgan fingerprint density at radius 3 is 2.43 bits per heavy atom. The van der Waals surface area contributed by atoms with Gasteiger partial charge in [0.2, 0.25) is 0 Å². The molecule has 1 N–H and O–H groups in total. The molecule has 0 amide bonds. The van der Waals surface area contributed by atoms with Crippen LogP contribution in [0.4, 0.5) is 0 Å². The van der Waals surface area contributed by atoms with E-state index in [-0.39, 0.29) is 0 Å². The summed E-state index contributed by atoms with van der Waals surface area (Å²) in [6.45, 7) is 13.5. The number of allylic oxidation sites excluding steroid dienone is 1. The maximum atomic E-state index is 3.33. The maximum Gasteiger partial charge on any atom is -0.00143 e.